The normalized spacial score (nSPS) is 38.7. The minimum atomic E-state index is -0.874. The van der Waals surface area contributed by atoms with Crippen LogP contribution in [0.25, 0.3) is 0 Å². The molecule has 1 saturated carbocycles. The lowest BCUT2D eigenvalue weighted by molar-refractivity contribution is -0.143. The highest BCUT2D eigenvalue weighted by molar-refractivity contribution is 5.89. The zero-order valence-corrected chi connectivity index (χ0v) is 9.66. The third-order valence-electron chi connectivity index (χ3n) is 4.36. The Hall–Kier alpha value is -1.06. The Morgan fingerprint density at radius 2 is 2.12 bits per heavy atom. The van der Waals surface area contributed by atoms with E-state index in [1.54, 1.807) is 0 Å². The fraction of sp³-hybridized carbons (Fsp3) is 0.833. The van der Waals surface area contributed by atoms with Crippen LogP contribution in [0.4, 0.5) is 0 Å². The van der Waals surface area contributed by atoms with Gasteiger partial charge in [0.1, 0.15) is 6.04 Å². The van der Waals surface area contributed by atoms with E-state index in [0.29, 0.717) is 6.42 Å². The summed E-state index contributed by atoms with van der Waals surface area (Å²) < 4.78 is 0. The van der Waals surface area contributed by atoms with Crippen LogP contribution in [0.5, 0.6) is 0 Å². The molecule has 4 nitrogen and oxygen atoms in total. The van der Waals surface area contributed by atoms with Crippen LogP contribution < -0.4 is 5.32 Å². The predicted molar refractivity (Wildman–Crippen MR) is 58.9 cm³/mol. The first-order valence-corrected chi connectivity index (χ1v) is 6.09. The van der Waals surface area contributed by atoms with E-state index >= 15 is 0 Å². The summed E-state index contributed by atoms with van der Waals surface area (Å²) in [5.74, 6) is -0.251. The molecule has 1 spiro atoms. The van der Waals surface area contributed by atoms with Gasteiger partial charge in [0.05, 0.1) is 0 Å². The maximum atomic E-state index is 11.4. The van der Waals surface area contributed by atoms with Gasteiger partial charge in [-0.1, -0.05) is 13.3 Å². The third-order valence-corrected chi connectivity index (χ3v) is 4.36. The fourth-order valence-corrected chi connectivity index (χ4v) is 3.24. The fourth-order valence-electron chi connectivity index (χ4n) is 3.24. The van der Waals surface area contributed by atoms with Gasteiger partial charge in [-0.3, -0.25) is 4.79 Å². The zero-order valence-electron chi connectivity index (χ0n) is 9.66. The van der Waals surface area contributed by atoms with E-state index in [-0.39, 0.29) is 11.3 Å². The molecule has 0 radical (unpaired) electrons. The molecule has 1 saturated heterocycles. The van der Waals surface area contributed by atoms with Crippen molar-refractivity contribution in [3.8, 4) is 0 Å². The molecule has 90 valence electrons. The van der Waals surface area contributed by atoms with Crippen molar-refractivity contribution in [1.29, 1.82) is 0 Å². The van der Waals surface area contributed by atoms with Gasteiger partial charge >= 0.3 is 5.97 Å². The number of aliphatic carboxylic acids is 1. The molecule has 1 unspecified atom stereocenters. The van der Waals surface area contributed by atoms with E-state index in [0.717, 1.165) is 38.0 Å². The molecular weight excluding hydrogens is 206 g/mol. The van der Waals surface area contributed by atoms with Crippen LogP contribution in [0.2, 0.25) is 0 Å². The highest BCUT2D eigenvalue weighted by Crippen LogP contribution is 2.47. The van der Waals surface area contributed by atoms with E-state index in [2.05, 4.69) is 12.2 Å². The van der Waals surface area contributed by atoms with E-state index in [9.17, 15) is 9.59 Å². The quantitative estimate of drug-likeness (QED) is 0.749. The second kappa shape index (κ2) is 4.07. The largest absolute Gasteiger partial charge is 0.480 e. The van der Waals surface area contributed by atoms with Gasteiger partial charge in [0.25, 0.3) is 0 Å². The van der Waals surface area contributed by atoms with E-state index in [1.807, 2.05) is 0 Å². The predicted octanol–water partition coefficient (Wildman–Crippen LogP) is 1.55. The van der Waals surface area contributed by atoms with Gasteiger partial charge in [-0.15, -0.1) is 0 Å². The molecule has 0 aromatic rings. The van der Waals surface area contributed by atoms with Crippen LogP contribution in [-0.4, -0.2) is 23.0 Å². The Bertz CT molecular complexity index is 305. The molecule has 1 amide bonds. The van der Waals surface area contributed by atoms with Crippen molar-refractivity contribution in [2.75, 3.05) is 0 Å². The Balaban J connectivity index is 2.12. The summed E-state index contributed by atoms with van der Waals surface area (Å²) in [6, 6.07) is -0.655. The molecule has 4 heteroatoms. The molecule has 2 rings (SSSR count). The summed E-state index contributed by atoms with van der Waals surface area (Å²) in [5.41, 5.74) is -0.297. The molecule has 0 aromatic carbocycles. The van der Waals surface area contributed by atoms with Crippen LogP contribution in [0, 0.1) is 11.3 Å². The van der Waals surface area contributed by atoms with E-state index in [1.165, 1.54) is 0 Å². The van der Waals surface area contributed by atoms with Crippen LogP contribution in [-0.2, 0) is 9.59 Å². The number of carbonyl (C=O) groups excluding carboxylic acids is 1. The van der Waals surface area contributed by atoms with Gasteiger partial charge < -0.3 is 10.4 Å². The molecule has 1 heterocycles. The van der Waals surface area contributed by atoms with Gasteiger partial charge in [0.15, 0.2) is 0 Å². The zero-order chi connectivity index (χ0) is 11.8. The summed E-state index contributed by atoms with van der Waals surface area (Å²) in [6.45, 7) is 2.18. The van der Waals surface area contributed by atoms with Crippen molar-refractivity contribution in [2.24, 2.45) is 11.3 Å². The highest BCUT2D eigenvalue weighted by Gasteiger charge is 2.51. The number of carboxylic acid groups (broad SMARTS) is 1. The van der Waals surface area contributed by atoms with Crippen molar-refractivity contribution in [1.82, 2.24) is 5.32 Å². The summed E-state index contributed by atoms with van der Waals surface area (Å²) in [4.78, 5) is 22.6. The monoisotopic (exact) mass is 225 g/mol. The summed E-state index contributed by atoms with van der Waals surface area (Å²) >= 11 is 0. The van der Waals surface area contributed by atoms with Gasteiger partial charge in [0.2, 0.25) is 5.91 Å². The second-order valence-electron chi connectivity index (χ2n) is 5.23. The van der Waals surface area contributed by atoms with Crippen LogP contribution in [0.1, 0.15) is 45.4 Å². The van der Waals surface area contributed by atoms with Crippen LogP contribution >= 0.6 is 0 Å². The van der Waals surface area contributed by atoms with Gasteiger partial charge in [-0.2, -0.15) is 0 Å². The first kappa shape index (κ1) is 11.4. The van der Waals surface area contributed by atoms with Crippen LogP contribution in [0.3, 0.4) is 0 Å². The maximum absolute atomic E-state index is 11.4. The number of amides is 1. The maximum Gasteiger partial charge on any atom is 0.326 e. The minimum Gasteiger partial charge on any atom is -0.480 e. The Morgan fingerprint density at radius 3 is 2.62 bits per heavy atom. The molecule has 2 aliphatic rings. The average Bonchev–Trinajstić information content (AvgIpc) is 2.57. The minimum absolute atomic E-state index is 0.0950. The molecule has 1 aliphatic heterocycles. The molecular formula is C12H19NO3. The average molecular weight is 225 g/mol. The first-order chi connectivity index (χ1) is 7.57. The summed E-state index contributed by atoms with van der Waals surface area (Å²) in [5, 5.41) is 11.8. The van der Waals surface area contributed by atoms with Gasteiger partial charge in [0, 0.05) is 11.8 Å². The third kappa shape index (κ3) is 1.81. The highest BCUT2D eigenvalue weighted by atomic mass is 16.4. The van der Waals surface area contributed by atoms with Crippen LogP contribution in [0.15, 0.2) is 0 Å². The molecule has 0 bridgehead atoms. The molecule has 0 aromatic heterocycles. The van der Waals surface area contributed by atoms with Gasteiger partial charge in [-0.05, 0) is 31.6 Å². The van der Waals surface area contributed by atoms with Crippen molar-refractivity contribution < 1.29 is 14.7 Å². The Kier molecular flexibility index (Phi) is 2.91. The number of hydrogen-bond acceptors (Lipinski definition) is 2. The Labute approximate surface area is 95.4 Å². The molecule has 2 N–H and O–H groups in total. The van der Waals surface area contributed by atoms with Crippen molar-refractivity contribution in [3.63, 3.8) is 0 Å². The van der Waals surface area contributed by atoms with Crippen molar-refractivity contribution in [3.05, 3.63) is 0 Å². The number of hydrogen-bond donors (Lipinski definition) is 2. The lowest BCUT2D eigenvalue weighted by Crippen LogP contribution is -2.45. The SMILES string of the molecule is CCC1CCC2(CC1)CC(=O)NC2C(=O)O. The number of carboxylic acids is 1. The lowest BCUT2D eigenvalue weighted by atomic mass is 9.66. The molecule has 16 heavy (non-hydrogen) atoms. The number of nitrogens with one attached hydrogen (secondary N) is 1. The molecule has 1 aliphatic carbocycles. The summed E-state index contributed by atoms with van der Waals surface area (Å²) in [6.07, 6.45) is 5.45. The smallest absolute Gasteiger partial charge is 0.326 e. The lowest BCUT2D eigenvalue weighted by Gasteiger charge is -2.38. The standard InChI is InChI=1S/C12H19NO3/c1-2-8-3-5-12(6-4-8)7-9(14)13-10(12)11(15)16/h8,10H,2-7H2,1H3,(H,13,14)(H,15,16). The van der Waals surface area contributed by atoms with E-state index in [4.69, 9.17) is 5.11 Å². The Morgan fingerprint density at radius 1 is 1.50 bits per heavy atom. The van der Waals surface area contributed by atoms with Crippen molar-refractivity contribution >= 4 is 11.9 Å². The van der Waals surface area contributed by atoms with Gasteiger partial charge in [-0.25, -0.2) is 4.79 Å². The first-order valence-electron chi connectivity index (χ1n) is 6.09. The second-order valence-corrected chi connectivity index (χ2v) is 5.23. The molecule has 1 atom stereocenters. The van der Waals surface area contributed by atoms with Crippen molar-refractivity contribution in [2.45, 2.75) is 51.5 Å². The van der Waals surface area contributed by atoms with E-state index < -0.39 is 12.0 Å². The number of carbonyl (C=O) groups is 2. The number of rotatable bonds is 2. The summed E-state index contributed by atoms with van der Waals surface area (Å²) in [7, 11) is 0. The molecule has 2 fully saturated rings. The topological polar surface area (TPSA) is 66.4 Å².